The Kier molecular flexibility index (Phi) is 3.54. The van der Waals surface area contributed by atoms with E-state index in [2.05, 4.69) is 47.4 Å². The molecule has 0 atom stereocenters. The van der Waals surface area contributed by atoms with Crippen LogP contribution in [0.5, 0.6) is 0 Å². The van der Waals surface area contributed by atoms with Crippen LogP contribution in [0, 0.1) is 12.7 Å². The molecule has 27 heavy (non-hydrogen) atoms. The van der Waals surface area contributed by atoms with E-state index in [1.54, 1.807) is 6.07 Å². The molecule has 0 fully saturated rings. The van der Waals surface area contributed by atoms with Crippen molar-refractivity contribution < 1.29 is 4.39 Å². The molecule has 0 saturated heterocycles. The van der Waals surface area contributed by atoms with E-state index in [1.165, 1.54) is 23.3 Å². The first-order chi connectivity index (χ1) is 13.2. The number of benzene rings is 3. The van der Waals surface area contributed by atoms with Crippen molar-refractivity contribution in [2.24, 2.45) is 0 Å². The molecule has 130 valence electrons. The summed E-state index contributed by atoms with van der Waals surface area (Å²) in [7, 11) is 0. The third-order valence-corrected chi connectivity index (χ3v) is 5.01. The summed E-state index contributed by atoms with van der Waals surface area (Å²) in [6.45, 7) is 2.02. The zero-order valence-corrected chi connectivity index (χ0v) is 14.8. The fourth-order valence-corrected chi connectivity index (χ4v) is 3.76. The maximum atomic E-state index is 13.6. The predicted molar refractivity (Wildman–Crippen MR) is 109 cm³/mol. The first kappa shape index (κ1) is 15.8. The van der Waals surface area contributed by atoms with Crippen molar-refractivity contribution in [3.63, 3.8) is 0 Å². The van der Waals surface area contributed by atoms with Crippen molar-refractivity contribution in [1.29, 1.82) is 0 Å². The van der Waals surface area contributed by atoms with Gasteiger partial charge in [0.1, 0.15) is 5.82 Å². The maximum Gasteiger partial charge on any atom is 0.123 e. The number of halogens is 1. The largest absolute Gasteiger partial charge is 0.360 e. The van der Waals surface area contributed by atoms with Crippen molar-refractivity contribution >= 4 is 21.8 Å². The van der Waals surface area contributed by atoms with E-state index in [-0.39, 0.29) is 5.82 Å². The van der Waals surface area contributed by atoms with E-state index >= 15 is 0 Å². The first-order valence-corrected chi connectivity index (χ1v) is 8.93. The molecule has 0 aliphatic carbocycles. The highest BCUT2D eigenvalue weighted by Gasteiger charge is 2.15. The van der Waals surface area contributed by atoms with Crippen LogP contribution in [-0.4, -0.2) is 9.97 Å². The highest BCUT2D eigenvalue weighted by molar-refractivity contribution is 6.06. The Morgan fingerprint density at radius 1 is 0.852 bits per heavy atom. The van der Waals surface area contributed by atoms with E-state index in [0.717, 1.165) is 38.6 Å². The van der Waals surface area contributed by atoms with Crippen LogP contribution in [0.4, 0.5) is 4.39 Å². The first-order valence-electron chi connectivity index (χ1n) is 8.93. The number of aromatic amines is 1. The number of H-pyrrole nitrogens is 1. The summed E-state index contributed by atoms with van der Waals surface area (Å²) in [5, 5.41) is 1.97. The molecule has 0 spiro atoms. The van der Waals surface area contributed by atoms with Crippen molar-refractivity contribution in [1.82, 2.24) is 9.97 Å². The minimum atomic E-state index is -0.241. The second-order valence-electron chi connectivity index (χ2n) is 6.79. The van der Waals surface area contributed by atoms with Crippen molar-refractivity contribution in [2.45, 2.75) is 6.92 Å². The number of aryl methyl sites for hydroxylation is 1. The molecule has 0 bridgehead atoms. The normalized spacial score (nSPS) is 11.3. The van der Waals surface area contributed by atoms with Crippen LogP contribution >= 0.6 is 0 Å². The van der Waals surface area contributed by atoms with Gasteiger partial charge in [0.2, 0.25) is 0 Å². The zero-order chi connectivity index (χ0) is 18.4. The van der Waals surface area contributed by atoms with Crippen LogP contribution in [0.2, 0.25) is 0 Å². The number of fused-ring (bicyclic) bond motifs is 2. The third-order valence-electron chi connectivity index (χ3n) is 5.01. The predicted octanol–water partition coefficient (Wildman–Crippen LogP) is 6.50. The standard InChI is InChI=1S/C24H17FN2/c1-15-12-17-13-18(25)10-11-21(17)27-24(15)20-14-26-22-9-5-8-19(23(20)22)16-6-3-2-4-7-16/h2-14,26H,1H3. The molecule has 5 aromatic rings. The number of pyridine rings is 1. The van der Waals surface area contributed by atoms with E-state index < -0.39 is 0 Å². The maximum absolute atomic E-state index is 13.6. The number of hydrogen-bond acceptors (Lipinski definition) is 1. The molecule has 2 heterocycles. The number of rotatable bonds is 2. The molecule has 3 heteroatoms. The molecule has 2 aromatic heterocycles. The van der Waals surface area contributed by atoms with Gasteiger partial charge in [-0.25, -0.2) is 9.37 Å². The molecular weight excluding hydrogens is 335 g/mol. The SMILES string of the molecule is Cc1cc2cc(F)ccc2nc1-c1c[nH]c2cccc(-c3ccccc3)c12. The topological polar surface area (TPSA) is 28.7 Å². The van der Waals surface area contributed by atoms with Gasteiger partial charge in [-0.1, -0.05) is 42.5 Å². The van der Waals surface area contributed by atoms with E-state index in [9.17, 15) is 4.39 Å². The fourth-order valence-electron chi connectivity index (χ4n) is 3.76. The Morgan fingerprint density at radius 3 is 2.56 bits per heavy atom. The Hall–Kier alpha value is -3.46. The van der Waals surface area contributed by atoms with Crippen LogP contribution in [0.25, 0.3) is 44.2 Å². The Balaban J connectivity index is 1.80. The molecule has 3 aromatic carbocycles. The third kappa shape index (κ3) is 2.59. The zero-order valence-electron chi connectivity index (χ0n) is 14.8. The minimum absolute atomic E-state index is 0.241. The average molecular weight is 352 g/mol. The number of nitrogens with zero attached hydrogens (tertiary/aromatic N) is 1. The second kappa shape index (κ2) is 6.06. The molecule has 0 unspecified atom stereocenters. The summed E-state index contributed by atoms with van der Waals surface area (Å²) in [5.41, 5.74) is 7.22. The summed E-state index contributed by atoms with van der Waals surface area (Å²) >= 11 is 0. The molecule has 0 radical (unpaired) electrons. The second-order valence-corrected chi connectivity index (χ2v) is 6.79. The molecule has 0 saturated carbocycles. The molecule has 0 aliphatic heterocycles. The van der Waals surface area contributed by atoms with Crippen molar-refractivity contribution in [3.8, 4) is 22.4 Å². The lowest BCUT2D eigenvalue weighted by Gasteiger charge is -2.10. The van der Waals surface area contributed by atoms with Gasteiger partial charge in [-0.05, 0) is 53.9 Å². The summed E-state index contributed by atoms with van der Waals surface area (Å²) in [4.78, 5) is 8.24. The average Bonchev–Trinajstić information content (AvgIpc) is 3.12. The van der Waals surface area contributed by atoms with Crippen LogP contribution in [0.3, 0.4) is 0 Å². The summed E-state index contributed by atoms with van der Waals surface area (Å²) in [6.07, 6.45) is 2.02. The van der Waals surface area contributed by atoms with Gasteiger partial charge in [-0.3, -0.25) is 0 Å². The molecule has 1 N–H and O–H groups in total. The van der Waals surface area contributed by atoms with E-state index in [0.29, 0.717) is 0 Å². The molecule has 0 amide bonds. The van der Waals surface area contributed by atoms with E-state index in [4.69, 9.17) is 4.98 Å². The highest BCUT2D eigenvalue weighted by atomic mass is 19.1. The fraction of sp³-hybridized carbons (Fsp3) is 0.0417. The van der Waals surface area contributed by atoms with Gasteiger partial charge < -0.3 is 4.98 Å². The van der Waals surface area contributed by atoms with Crippen LogP contribution in [0.15, 0.2) is 79.0 Å². The number of hydrogen-bond donors (Lipinski definition) is 1. The highest BCUT2D eigenvalue weighted by Crippen LogP contribution is 2.37. The van der Waals surface area contributed by atoms with Crippen molar-refractivity contribution in [2.75, 3.05) is 0 Å². The monoisotopic (exact) mass is 352 g/mol. The van der Waals surface area contributed by atoms with Gasteiger partial charge in [-0.2, -0.15) is 0 Å². The van der Waals surface area contributed by atoms with Gasteiger partial charge in [0.15, 0.2) is 0 Å². The number of nitrogens with one attached hydrogen (secondary N) is 1. The lowest BCUT2D eigenvalue weighted by atomic mass is 9.96. The summed E-state index contributed by atoms with van der Waals surface area (Å²) < 4.78 is 13.6. The van der Waals surface area contributed by atoms with Crippen LogP contribution in [-0.2, 0) is 0 Å². The quantitative estimate of drug-likeness (QED) is 0.386. The van der Waals surface area contributed by atoms with Gasteiger partial charge in [0.05, 0.1) is 11.2 Å². The Labute approximate surface area is 156 Å². The smallest absolute Gasteiger partial charge is 0.123 e. The minimum Gasteiger partial charge on any atom is -0.360 e. The van der Waals surface area contributed by atoms with Gasteiger partial charge in [0, 0.05) is 28.0 Å². The van der Waals surface area contributed by atoms with Crippen LogP contribution in [0.1, 0.15) is 5.56 Å². The molecule has 5 rings (SSSR count). The number of aromatic nitrogens is 2. The molecule has 0 aliphatic rings. The van der Waals surface area contributed by atoms with Crippen LogP contribution < -0.4 is 0 Å². The Morgan fingerprint density at radius 2 is 1.70 bits per heavy atom. The molecule has 2 nitrogen and oxygen atoms in total. The van der Waals surface area contributed by atoms with Gasteiger partial charge >= 0.3 is 0 Å². The lowest BCUT2D eigenvalue weighted by Crippen LogP contribution is -1.91. The Bertz CT molecular complexity index is 1290. The lowest BCUT2D eigenvalue weighted by molar-refractivity contribution is 0.629. The molecular formula is C24H17FN2. The summed E-state index contributed by atoms with van der Waals surface area (Å²) in [6, 6.07) is 23.4. The van der Waals surface area contributed by atoms with Gasteiger partial charge in [-0.15, -0.1) is 0 Å². The summed E-state index contributed by atoms with van der Waals surface area (Å²) in [5.74, 6) is -0.241. The van der Waals surface area contributed by atoms with Gasteiger partial charge in [0.25, 0.3) is 0 Å². The van der Waals surface area contributed by atoms with E-state index in [1.807, 2.05) is 25.3 Å². The van der Waals surface area contributed by atoms with Crippen molar-refractivity contribution in [3.05, 3.63) is 90.4 Å².